The van der Waals surface area contributed by atoms with Crippen LogP contribution in [0.4, 0.5) is 0 Å². The first-order valence-corrected chi connectivity index (χ1v) is 7.84. The monoisotopic (exact) mass is 298 g/mol. The first-order valence-electron chi connectivity index (χ1n) is 7.84. The standard InChI is InChI=1S/C17H22N4O/c1-11(2)21-10-9-15(20-21)17(22)19-16(13-7-8-13)14-6-4-5-12(3)18-14/h4-6,9-11,13,16H,7-8H2,1-3H3,(H,19,22). The molecule has 5 heteroatoms. The maximum atomic E-state index is 12.5. The molecule has 0 saturated heterocycles. The summed E-state index contributed by atoms with van der Waals surface area (Å²) >= 11 is 0. The van der Waals surface area contributed by atoms with Crippen LogP contribution in [0.3, 0.4) is 0 Å². The summed E-state index contributed by atoms with van der Waals surface area (Å²) in [5.74, 6) is 0.366. The molecule has 2 aromatic heterocycles. The van der Waals surface area contributed by atoms with Crippen LogP contribution in [0.1, 0.15) is 60.6 Å². The molecular weight excluding hydrogens is 276 g/mol. The van der Waals surface area contributed by atoms with Crippen molar-refractivity contribution in [2.24, 2.45) is 5.92 Å². The van der Waals surface area contributed by atoms with E-state index in [1.165, 1.54) is 0 Å². The lowest BCUT2D eigenvalue weighted by atomic mass is 10.1. The molecule has 5 nitrogen and oxygen atoms in total. The molecule has 2 heterocycles. The molecule has 1 fully saturated rings. The zero-order chi connectivity index (χ0) is 15.7. The van der Waals surface area contributed by atoms with Crippen molar-refractivity contribution in [1.82, 2.24) is 20.1 Å². The number of carbonyl (C=O) groups excluding carboxylic acids is 1. The van der Waals surface area contributed by atoms with Crippen LogP contribution in [0.25, 0.3) is 0 Å². The minimum absolute atomic E-state index is 0.0170. The summed E-state index contributed by atoms with van der Waals surface area (Å²) in [6.07, 6.45) is 4.12. The topological polar surface area (TPSA) is 59.8 Å². The minimum atomic E-state index is -0.125. The van der Waals surface area contributed by atoms with Crippen LogP contribution in [-0.2, 0) is 0 Å². The molecule has 1 aliphatic rings. The fraction of sp³-hybridized carbons (Fsp3) is 0.471. The summed E-state index contributed by atoms with van der Waals surface area (Å²) in [4.78, 5) is 17.0. The molecular formula is C17H22N4O. The molecule has 2 aromatic rings. The van der Waals surface area contributed by atoms with E-state index in [4.69, 9.17) is 0 Å². The lowest BCUT2D eigenvalue weighted by molar-refractivity contribution is 0.0924. The summed E-state index contributed by atoms with van der Waals surface area (Å²) < 4.78 is 1.80. The smallest absolute Gasteiger partial charge is 0.272 e. The van der Waals surface area contributed by atoms with E-state index in [1.807, 2.05) is 45.2 Å². The van der Waals surface area contributed by atoms with Crippen molar-refractivity contribution < 1.29 is 4.79 Å². The summed E-state index contributed by atoms with van der Waals surface area (Å²) in [7, 11) is 0. The highest BCUT2D eigenvalue weighted by Crippen LogP contribution is 2.40. The quantitative estimate of drug-likeness (QED) is 0.923. The fourth-order valence-electron chi connectivity index (χ4n) is 2.56. The Labute approximate surface area is 130 Å². The summed E-state index contributed by atoms with van der Waals surface area (Å²) in [5, 5.41) is 7.45. The maximum Gasteiger partial charge on any atom is 0.272 e. The largest absolute Gasteiger partial charge is 0.342 e. The fourth-order valence-corrected chi connectivity index (χ4v) is 2.56. The molecule has 1 N–H and O–H groups in total. The number of nitrogens with zero attached hydrogens (tertiary/aromatic N) is 3. The molecule has 22 heavy (non-hydrogen) atoms. The van der Waals surface area contributed by atoms with E-state index in [0.29, 0.717) is 11.6 Å². The highest BCUT2D eigenvalue weighted by atomic mass is 16.2. The molecule has 0 bridgehead atoms. The molecule has 0 spiro atoms. The Morgan fingerprint density at radius 3 is 2.68 bits per heavy atom. The third-order valence-corrected chi connectivity index (χ3v) is 3.98. The second-order valence-corrected chi connectivity index (χ2v) is 6.27. The van der Waals surface area contributed by atoms with Crippen molar-refractivity contribution in [3.8, 4) is 0 Å². The number of carbonyl (C=O) groups is 1. The summed E-state index contributed by atoms with van der Waals surface area (Å²) in [6, 6.07) is 7.95. The van der Waals surface area contributed by atoms with Gasteiger partial charge in [0.15, 0.2) is 0 Å². The Morgan fingerprint density at radius 1 is 1.32 bits per heavy atom. The van der Waals surface area contributed by atoms with Crippen LogP contribution in [0.15, 0.2) is 30.5 Å². The average Bonchev–Trinajstić information content (AvgIpc) is 3.19. The second kappa shape index (κ2) is 5.91. The van der Waals surface area contributed by atoms with Crippen LogP contribution < -0.4 is 5.32 Å². The number of nitrogens with one attached hydrogen (secondary N) is 1. The van der Waals surface area contributed by atoms with E-state index in [0.717, 1.165) is 24.2 Å². The molecule has 0 aliphatic heterocycles. The average molecular weight is 298 g/mol. The van der Waals surface area contributed by atoms with E-state index in [-0.39, 0.29) is 18.0 Å². The van der Waals surface area contributed by atoms with E-state index < -0.39 is 0 Å². The van der Waals surface area contributed by atoms with E-state index in [2.05, 4.69) is 15.4 Å². The molecule has 116 valence electrons. The van der Waals surface area contributed by atoms with Crippen LogP contribution in [0, 0.1) is 12.8 Å². The van der Waals surface area contributed by atoms with E-state index in [1.54, 1.807) is 10.7 Å². The maximum absolute atomic E-state index is 12.5. The lowest BCUT2D eigenvalue weighted by Crippen LogP contribution is -2.31. The SMILES string of the molecule is Cc1cccc(C(NC(=O)c2ccn(C(C)C)n2)C2CC2)n1. The van der Waals surface area contributed by atoms with E-state index in [9.17, 15) is 4.79 Å². The van der Waals surface area contributed by atoms with Gasteiger partial charge in [-0.2, -0.15) is 5.10 Å². The van der Waals surface area contributed by atoms with Crippen molar-refractivity contribution in [2.75, 3.05) is 0 Å². The predicted molar refractivity (Wildman–Crippen MR) is 84.5 cm³/mol. The van der Waals surface area contributed by atoms with Gasteiger partial charge >= 0.3 is 0 Å². The highest BCUT2D eigenvalue weighted by Gasteiger charge is 2.34. The Bertz CT molecular complexity index is 673. The molecule has 1 saturated carbocycles. The third-order valence-electron chi connectivity index (χ3n) is 3.98. The number of aryl methyl sites for hydroxylation is 1. The Balaban J connectivity index is 1.77. The van der Waals surface area contributed by atoms with Crippen LogP contribution in [-0.4, -0.2) is 20.7 Å². The van der Waals surface area contributed by atoms with E-state index >= 15 is 0 Å². The van der Waals surface area contributed by atoms with Gasteiger partial charge in [0.05, 0.1) is 11.7 Å². The Kier molecular flexibility index (Phi) is 3.96. The van der Waals surface area contributed by atoms with Gasteiger partial charge in [0.2, 0.25) is 0 Å². The lowest BCUT2D eigenvalue weighted by Gasteiger charge is -2.17. The van der Waals surface area contributed by atoms with Gasteiger partial charge in [-0.3, -0.25) is 14.5 Å². The Hall–Kier alpha value is -2.17. The van der Waals surface area contributed by atoms with Crippen molar-refractivity contribution in [2.45, 2.75) is 45.7 Å². The van der Waals surface area contributed by atoms with Gasteiger partial charge in [-0.25, -0.2) is 0 Å². The van der Waals surface area contributed by atoms with Crippen LogP contribution >= 0.6 is 0 Å². The van der Waals surface area contributed by atoms with Crippen molar-refractivity contribution in [3.05, 3.63) is 47.5 Å². The first kappa shape index (κ1) is 14.8. The van der Waals surface area contributed by atoms with Crippen molar-refractivity contribution in [1.29, 1.82) is 0 Å². The number of aromatic nitrogens is 3. The van der Waals surface area contributed by atoms with Crippen molar-refractivity contribution in [3.63, 3.8) is 0 Å². The van der Waals surface area contributed by atoms with Gasteiger partial charge < -0.3 is 5.32 Å². The van der Waals surface area contributed by atoms with Gasteiger partial charge in [0.1, 0.15) is 5.69 Å². The zero-order valence-corrected chi connectivity index (χ0v) is 13.3. The van der Waals surface area contributed by atoms with Crippen LogP contribution in [0.2, 0.25) is 0 Å². The molecule has 1 amide bonds. The molecule has 0 radical (unpaired) electrons. The molecule has 1 unspecified atom stereocenters. The van der Waals surface area contributed by atoms with Gasteiger partial charge in [-0.1, -0.05) is 6.07 Å². The summed E-state index contributed by atoms with van der Waals surface area (Å²) in [6.45, 7) is 6.05. The Morgan fingerprint density at radius 2 is 2.09 bits per heavy atom. The molecule has 1 atom stereocenters. The normalized spacial score (nSPS) is 15.8. The molecule has 1 aliphatic carbocycles. The number of hydrogen-bond acceptors (Lipinski definition) is 3. The predicted octanol–water partition coefficient (Wildman–Crippen LogP) is 3.05. The number of rotatable bonds is 5. The van der Waals surface area contributed by atoms with Gasteiger partial charge in [-0.15, -0.1) is 0 Å². The second-order valence-electron chi connectivity index (χ2n) is 6.27. The minimum Gasteiger partial charge on any atom is -0.342 e. The molecule has 3 rings (SSSR count). The highest BCUT2D eigenvalue weighted by molar-refractivity contribution is 5.92. The third kappa shape index (κ3) is 3.18. The number of amides is 1. The first-order chi connectivity index (χ1) is 10.5. The van der Waals surface area contributed by atoms with Crippen LogP contribution in [0.5, 0.6) is 0 Å². The van der Waals surface area contributed by atoms with Crippen molar-refractivity contribution >= 4 is 5.91 Å². The number of pyridine rings is 1. The zero-order valence-electron chi connectivity index (χ0n) is 13.3. The van der Waals surface area contributed by atoms with Gasteiger partial charge in [-0.05, 0) is 57.7 Å². The molecule has 0 aromatic carbocycles. The van der Waals surface area contributed by atoms with Gasteiger partial charge in [0, 0.05) is 17.9 Å². The van der Waals surface area contributed by atoms with Gasteiger partial charge in [0.25, 0.3) is 5.91 Å². The summed E-state index contributed by atoms with van der Waals surface area (Å²) in [5.41, 5.74) is 2.38. The number of hydrogen-bond donors (Lipinski definition) is 1.